The number of rotatable bonds is 2. The van der Waals surface area contributed by atoms with Crippen molar-refractivity contribution in [2.75, 3.05) is 12.8 Å². The van der Waals surface area contributed by atoms with Gasteiger partial charge in [0.05, 0.1) is 10.6 Å². The third-order valence-corrected chi connectivity index (χ3v) is 5.10. The van der Waals surface area contributed by atoms with Crippen molar-refractivity contribution in [1.82, 2.24) is 15.2 Å². The van der Waals surface area contributed by atoms with Gasteiger partial charge in [-0.2, -0.15) is 0 Å². The number of anilines is 1. The average molecular weight is 309 g/mol. The molecule has 2 saturated heterocycles. The predicted octanol–water partition coefficient (Wildman–Crippen LogP) is 2.06. The number of carbonyl (C=O) groups is 1. The van der Waals surface area contributed by atoms with E-state index < -0.39 is 0 Å². The van der Waals surface area contributed by atoms with E-state index in [4.69, 9.17) is 17.3 Å². The average Bonchev–Trinajstić information content (AvgIpc) is 2.42. The highest BCUT2D eigenvalue weighted by Crippen LogP contribution is 2.32. The summed E-state index contributed by atoms with van der Waals surface area (Å²) in [6, 6.07) is 2.92. The molecule has 2 aliphatic rings. The molecule has 1 aromatic heterocycles. The quantitative estimate of drug-likeness (QED) is 0.877. The fraction of sp³-hybridized carbons (Fsp3) is 0.600. The van der Waals surface area contributed by atoms with E-state index in [1.807, 2.05) is 0 Å². The smallest absolute Gasteiger partial charge is 0.253 e. The van der Waals surface area contributed by atoms with Crippen molar-refractivity contribution in [3.05, 3.63) is 22.8 Å². The summed E-state index contributed by atoms with van der Waals surface area (Å²) in [6.45, 7) is 0. The van der Waals surface area contributed by atoms with Crippen LogP contribution in [0, 0.1) is 0 Å². The van der Waals surface area contributed by atoms with Crippen LogP contribution in [0.5, 0.6) is 0 Å². The first kappa shape index (κ1) is 14.6. The normalized spacial score (nSPS) is 29.1. The van der Waals surface area contributed by atoms with E-state index in [0.717, 1.165) is 12.8 Å². The van der Waals surface area contributed by atoms with Crippen molar-refractivity contribution in [3.63, 3.8) is 0 Å². The Bertz CT molecular complexity index is 536. The zero-order valence-electron chi connectivity index (χ0n) is 12.2. The Morgan fingerprint density at radius 1 is 1.43 bits per heavy atom. The predicted molar refractivity (Wildman–Crippen MR) is 83.3 cm³/mol. The highest BCUT2D eigenvalue weighted by atomic mass is 35.5. The highest BCUT2D eigenvalue weighted by Gasteiger charge is 2.36. The molecule has 2 aliphatic heterocycles. The van der Waals surface area contributed by atoms with Gasteiger partial charge in [0.15, 0.2) is 0 Å². The van der Waals surface area contributed by atoms with E-state index in [-0.39, 0.29) is 11.9 Å². The number of halogens is 1. The van der Waals surface area contributed by atoms with Crippen LogP contribution in [0.3, 0.4) is 0 Å². The number of nitrogen functional groups attached to an aromatic ring is 1. The Morgan fingerprint density at radius 3 is 2.76 bits per heavy atom. The van der Waals surface area contributed by atoms with Gasteiger partial charge in [-0.3, -0.25) is 4.79 Å². The van der Waals surface area contributed by atoms with Gasteiger partial charge in [-0.15, -0.1) is 0 Å². The van der Waals surface area contributed by atoms with Crippen LogP contribution in [0.1, 0.15) is 42.5 Å². The highest BCUT2D eigenvalue weighted by molar-refractivity contribution is 6.33. The topological polar surface area (TPSA) is 71.2 Å². The van der Waals surface area contributed by atoms with Crippen molar-refractivity contribution in [2.45, 2.75) is 50.2 Å². The van der Waals surface area contributed by atoms with E-state index in [1.165, 1.54) is 31.5 Å². The third kappa shape index (κ3) is 2.99. The van der Waals surface area contributed by atoms with Gasteiger partial charge in [0.25, 0.3) is 5.91 Å². The largest absolute Gasteiger partial charge is 0.384 e. The van der Waals surface area contributed by atoms with Crippen LogP contribution >= 0.6 is 11.6 Å². The van der Waals surface area contributed by atoms with Gasteiger partial charge in [-0.1, -0.05) is 18.0 Å². The molecule has 21 heavy (non-hydrogen) atoms. The lowest BCUT2D eigenvalue weighted by Crippen LogP contribution is -2.55. The first-order valence-electron chi connectivity index (χ1n) is 7.48. The molecular weight excluding hydrogens is 288 g/mol. The van der Waals surface area contributed by atoms with Crippen molar-refractivity contribution in [1.29, 1.82) is 0 Å². The molecule has 0 aromatic carbocycles. The van der Waals surface area contributed by atoms with Crippen LogP contribution in [0.25, 0.3) is 0 Å². The van der Waals surface area contributed by atoms with Gasteiger partial charge >= 0.3 is 0 Å². The van der Waals surface area contributed by atoms with Crippen molar-refractivity contribution < 1.29 is 4.79 Å². The van der Waals surface area contributed by atoms with Crippen LogP contribution in [0.15, 0.2) is 12.3 Å². The number of hydrogen-bond acceptors (Lipinski definition) is 4. The molecule has 0 saturated carbocycles. The van der Waals surface area contributed by atoms with E-state index in [9.17, 15) is 4.79 Å². The molecule has 0 radical (unpaired) electrons. The Balaban J connectivity index is 1.69. The molecule has 2 atom stereocenters. The fourth-order valence-electron chi connectivity index (χ4n) is 3.63. The molecule has 1 amide bonds. The van der Waals surface area contributed by atoms with Crippen LogP contribution in [-0.4, -0.2) is 41.0 Å². The molecule has 1 aromatic rings. The molecular formula is C15H21ClN4O. The van der Waals surface area contributed by atoms with Gasteiger partial charge in [0.2, 0.25) is 0 Å². The molecule has 3 rings (SSSR count). The van der Waals surface area contributed by atoms with Crippen LogP contribution in [0.2, 0.25) is 5.02 Å². The molecule has 6 heteroatoms. The molecule has 114 valence electrons. The third-order valence-electron chi connectivity index (χ3n) is 4.80. The minimum Gasteiger partial charge on any atom is -0.384 e. The molecule has 3 heterocycles. The summed E-state index contributed by atoms with van der Waals surface area (Å²) in [7, 11) is 2.20. The maximum Gasteiger partial charge on any atom is 0.253 e. The second-order valence-electron chi connectivity index (χ2n) is 6.13. The molecule has 2 unspecified atom stereocenters. The molecule has 5 nitrogen and oxygen atoms in total. The number of nitrogens with one attached hydrogen (secondary N) is 1. The number of nitrogens with zero attached hydrogens (tertiary/aromatic N) is 2. The summed E-state index contributed by atoms with van der Waals surface area (Å²) in [5.74, 6) is 0.159. The van der Waals surface area contributed by atoms with Crippen molar-refractivity contribution in [3.8, 4) is 0 Å². The number of hydrogen-bond donors (Lipinski definition) is 2. The van der Waals surface area contributed by atoms with E-state index in [1.54, 1.807) is 0 Å². The van der Waals surface area contributed by atoms with E-state index in [2.05, 4.69) is 22.2 Å². The molecule has 0 spiro atoms. The van der Waals surface area contributed by atoms with Crippen molar-refractivity contribution >= 4 is 23.3 Å². The number of nitrogens with two attached hydrogens (primary N) is 1. The SMILES string of the molecule is CN1C2CCCC1CC(NC(=O)c1cc(N)ncc1Cl)C2. The zero-order chi connectivity index (χ0) is 15.0. The number of fused-ring (bicyclic) bond motifs is 2. The number of carbonyl (C=O) groups excluding carboxylic acids is 1. The summed E-state index contributed by atoms with van der Waals surface area (Å²) in [4.78, 5) is 18.8. The monoisotopic (exact) mass is 308 g/mol. The number of piperidine rings is 2. The van der Waals surface area contributed by atoms with Gasteiger partial charge in [0, 0.05) is 24.3 Å². The van der Waals surface area contributed by atoms with Gasteiger partial charge in [-0.25, -0.2) is 4.98 Å². The van der Waals surface area contributed by atoms with Crippen LogP contribution < -0.4 is 11.1 Å². The Labute approximate surface area is 129 Å². The van der Waals surface area contributed by atoms with E-state index >= 15 is 0 Å². The summed E-state index contributed by atoms with van der Waals surface area (Å²) < 4.78 is 0. The Morgan fingerprint density at radius 2 is 2.10 bits per heavy atom. The standard InChI is InChI=1S/C15H21ClN4O/c1-20-10-3-2-4-11(20)6-9(5-10)19-15(21)12-7-14(17)18-8-13(12)16/h7-11H,2-6H2,1H3,(H2,17,18)(H,19,21). The minimum atomic E-state index is -0.151. The van der Waals surface area contributed by atoms with E-state index in [0.29, 0.717) is 28.5 Å². The minimum absolute atomic E-state index is 0.151. The molecule has 0 aliphatic carbocycles. The lowest BCUT2D eigenvalue weighted by atomic mass is 9.82. The summed E-state index contributed by atoms with van der Waals surface area (Å²) in [5.41, 5.74) is 6.05. The number of aromatic nitrogens is 1. The number of amides is 1. The zero-order valence-corrected chi connectivity index (χ0v) is 12.9. The maximum atomic E-state index is 12.4. The summed E-state index contributed by atoms with van der Waals surface area (Å²) >= 11 is 6.04. The van der Waals surface area contributed by atoms with Gasteiger partial charge in [-0.05, 0) is 38.8 Å². The lowest BCUT2D eigenvalue weighted by molar-refractivity contribution is 0.0463. The first-order chi connectivity index (χ1) is 10.0. The second-order valence-corrected chi connectivity index (χ2v) is 6.54. The molecule has 3 N–H and O–H groups in total. The Kier molecular flexibility index (Phi) is 4.04. The van der Waals surface area contributed by atoms with Crippen molar-refractivity contribution in [2.24, 2.45) is 0 Å². The second kappa shape index (κ2) is 5.81. The first-order valence-corrected chi connectivity index (χ1v) is 7.86. The summed E-state index contributed by atoms with van der Waals surface area (Å²) in [6.07, 6.45) is 7.20. The maximum absolute atomic E-state index is 12.4. The van der Waals surface area contributed by atoms with Gasteiger partial charge in [0.1, 0.15) is 5.82 Å². The van der Waals surface area contributed by atoms with Crippen LogP contribution in [0.4, 0.5) is 5.82 Å². The molecule has 2 fully saturated rings. The van der Waals surface area contributed by atoms with Crippen LogP contribution in [-0.2, 0) is 0 Å². The number of pyridine rings is 1. The van der Waals surface area contributed by atoms with Gasteiger partial charge < -0.3 is 16.0 Å². The Hall–Kier alpha value is -1.33. The summed E-state index contributed by atoms with van der Waals surface area (Å²) in [5, 5.41) is 3.46. The lowest BCUT2D eigenvalue weighted by Gasteiger charge is -2.47. The molecule has 2 bridgehead atoms. The fourth-order valence-corrected chi connectivity index (χ4v) is 3.81.